The van der Waals surface area contributed by atoms with Gasteiger partial charge in [-0.25, -0.2) is 9.59 Å². The topological polar surface area (TPSA) is 84.3 Å². The normalized spacial score (nSPS) is 23.0. The molecule has 19 heavy (non-hydrogen) atoms. The van der Waals surface area contributed by atoms with Gasteiger partial charge in [-0.2, -0.15) is 0 Å². The summed E-state index contributed by atoms with van der Waals surface area (Å²) in [6.07, 6.45) is 0.764. The fraction of sp³-hybridized carbons (Fsp3) is 0.385. The van der Waals surface area contributed by atoms with Crippen molar-refractivity contribution < 1.29 is 14.6 Å². The molecule has 2 N–H and O–H groups in total. The maximum Gasteiger partial charge on any atom is 0.335 e. The number of aromatic nitrogens is 2. The second-order valence-electron chi connectivity index (χ2n) is 5.10. The second kappa shape index (κ2) is 3.96. The van der Waals surface area contributed by atoms with E-state index in [-0.39, 0.29) is 16.8 Å². The minimum Gasteiger partial charge on any atom is -0.478 e. The molecule has 6 nitrogen and oxygen atoms in total. The Morgan fingerprint density at radius 1 is 1.53 bits per heavy atom. The van der Waals surface area contributed by atoms with Crippen molar-refractivity contribution in [2.24, 2.45) is 0 Å². The maximum atomic E-state index is 12.1. The summed E-state index contributed by atoms with van der Waals surface area (Å²) in [5, 5.41) is 8.96. The van der Waals surface area contributed by atoms with E-state index in [9.17, 15) is 9.59 Å². The quantitative estimate of drug-likeness (QED) is 0.850. The Kier molecular flexibility index (Phi) is 2.50. The number of carboxylic acids is 1. The van der Waals surface area contributed by atoms with Crippen LogP contribution in [-0.2, 0) is 10.3 Å². The number of fused-ring (bicyclic) bond motifs is 1. The maximum absolute atomic E-state index is 12.1. The molecule has 0 amide bonds. The van der Waals surface area contributed by atoms with E-state index >= 15 is 0 Å². The Bertz CT molecular complexity index is 707. The zero-order valence-electron chi connectivity index (χ0n) is 10.5. The van der Waals surface area contributed by atoms with E-state index < -0.39 is 5.97 Å². The van der Waals surface area contributed by atoms with Crippen molar-refractivity contribution in [1.82, 2.24) is 9.55 Å². The minimum atomic E-state index is -1.01. The Morgan fingerprint density at radius 2 is 2.32 bits per heavy atom. The molecular formula is C13H14N2O4. The van der Waals surface area contributed by atoms with Crippen molar-refractivity contribution in [2.45, 2.75) is 18.9 Å². The Labute approximate surface area is 108 Å². The Balaban J connectivity index is 2.23. The number of imidazole rings is 1. The van der Waals surface area contributed by atoms with Crippen LogP contribution in [0, 0.1) is 0 Å². The Morgan fingerprint density at radius 3 is 2.95 bits per heavy atom. The SMILES string of the molecule is CC1(n2c(=O)[nH]c3cc(C(=O)O)ccc32)CCOC1. The van der Waals surface area contributed by atoms with Gasteiger partial charge in [-0.3, -0.25) is 4.57 Å². The van der Waals surface area contributed by atoms with Gasteiger partial charge in [-0.05, 0) is 31.5 Å². The van der Waals surface area contributed by atoms with Crippen LogP contribution in [0.25, 0.3) is 11.0 Å². The zero-order chi connectivity index (χ0) is 13.6. The van der Waals surface area contributed by atoms with Gasteiger partial charge >= 0.3 is 11.7 Å². The van der Waals surface area contributed by atoms with E-state index in [1.165, 1.54) is 12.1 Å². The number of hydrogen-bond acceptors (Lipinski definition) is 3. The molecule has 1 unspecified atom stereocenters. The first-order valence-electron chi connectivity index (χ1n) is 6.08. The van der Waals surface area contributed by atoms with Crippen LogP contribution in [-0.4, -0.2) is 33.8 Å². The van der Waals surface area contributed by atoms with Crippen LogP contribution < -0.4 is 5.69 Å². The standard InChI is InChI=1S/C13H14N2O4/c1-13(4-5-19-7-13)15-10-3-2-8(11(16)17)6-9(10)14-12(15)18/h2-3,6H,4-5,7H2,1H3,(H,14,18)(H,16,17). The average Bonchev–Trinajstić information content (AvgIpc) is 2.91. The van der Waals surface area contributed by atoms with E-state index in [4.69, 9.17) is 9.84 Å². The molecule has 100 valence electrons. The molecule has 0 spiro atoms. The monoisotopic (exact) mass is 262 g/mol. The number of hydrogen-bond donors (Lipinski definition) is 2. The van der Waals surface area contributed by atoms with Crippen molar-refractivity contribution >= 4 is 17.0 Å². The highest BCUT2D eigenvalue weighted by atomic mass is 16.5. The third-order valence-electron chi connectivity index (χ3n) is 3.67. The zero-order valence-corrected chi connectivity index (χ0v) is 10.5. The summed E-state index contributed by atoms with van der Waals surface area (Å²) in [6, 6.07) is 4.66. The van der Waals surface area contributed by atoms with Crippen LogP contribution in [0.15, 0.2) is 23.0 Å². The van der Waals surface area contributed by atoms with Gasteiger partial charge in [0.25, 0.3) is 0 Å². The van der Waals surface area contributed by atoms with Gasteiger partial charge in [-0.15, -0.1) is 0 Å². The summed E-state index contributed by atoms with van der Waals surface area (Å²) >= 11 is 0. The van der Waals surface area contributed by atoms with Crippen molar-refractivity contribution in [2.75, 3.05) is 13.2 Å². The number of aromatic amines is 1. The van der Waals surface area contributed by atoms with Crippen molar-refractivity contribution in [3.63, 3.8) is 0 Å². The lowest BCUT2D eigenvalue weighted by atomic mass is 10.0. The predicted octanol–water partition coefficient (Wildman–Crippen LogP) is 1.16. The van der Waals surface area contributed by atoms with Crippen LogP contribution in [0.2, 0.25) is 0 Å². The minimum absolute atomic E-state index is 0.161. The predicted molar refractivity (Wildman–Crippen MR) is 68.6 cm³/mol. The van der Waals surface area contributed by atoms with Gasteiger partial charge in [0.2, 0.25) is 0 Å². The average molecular weight is 262 g/mol. The molecule has 0 aliphatic carbocycles. The molecule has 1 atom stereocenters. The molecule has 3 rings (SSSR count). The molecule has 1 saturated heterocycles. The Hall–Kier alpha value is -2.08. The molecule has 1 aliphatic heterocycles. The number of H-pyrrole nitrogens is 1. The smallest absolute Gasteiger partial charge is 0.335 e. The lowest BCUT2D eigenvalue weighted by Gasteiger charge is -2.23. The van der Waals surface area contributed by atoms with Crippen molar-refractivity contribution in [3.05, 3.63) is 34.2 Å². The van der Waals surface area contributed by atoms with E-state index in [0.29, 0.717) is 24.2 Å². The fourth-order valence-corrected chi connectivity index (χ4v) is 2.61. The number of nitrogens with one attached hydrogen (secondary N) is 1. The molecule has 2 aromatic rings. The van der Waals surface area contributed by atoms with Gasteiger partial charge < -0.3 is 14.8 Å². The summed E-state index contributed by atoms with van der Waals surface area (Å²) < 4.78 is 7.05. The summed E-state index contributed by atoms with van der Waals surface area (Å²) in [5.74, 6) is -1.01. The molecular weight excluding hydrogens is 248 g/mol. The van der Waals surface area contributed by atoms with E-state index in [1.807, 2.05) is 6.92 Å². The lowest BCUT2D eigenvalue weighted by Crippen LogP contribution is -2.37. The highest BCUT2D eigenvalue weighted by Crippen LogP contribution is 2.28. The van der Waals surface area contributed by atoms with Crippen LogP contribution >= 0.6 is 0 Å². The summed E-state index contributed by atoms with van der Waals surface area (Å²) in [4.78, 5) is 25.8. The third-order valence-corrected chi connectivity index (χ3v) is 3.67. The highest BCUT2D eigenvalue weighted by molar-refractivity contribution is 5.92. The summed E-state index contributed by atoms with van der Waals surface area (Å²) in [6.45, 7) is 3.09. The highest BCUT2D eigenvalue weighted by Gasteiger charge is 2.34. The van der Waals surface area contributed by atoms with Gasteiger partial charge in [-0.1, -0.05) is 0 Å². The van der Waals surface area contributed by atoms with Crippen LogP contribution in [0.1, 0.15) is 23.7 Å². The summed E-state index contributed by atoms with van der Waals surface area (Å²) in [5.41, 5.74) is 0.806. The number of aromatic carboxylic acids is 1. The number of benzene rings is 1. The molecule has 1 fully saturated rings. The van der Waals surface area contributed by atoms with Gasteiger partial charge in [0.15, 0.2) is 0 Å². The molecule has 0 bridgehead atoms. The summed E-state index contributed by atoms with van der Waals surface area (Å²) in [7, 11) is 0. The van der Waals surface area contributed by atoms with Gasteiger partial charge in [0.1, 0.15) is 0 Å². The molecule has 1 aliphatic rings. The van der Waals surface area contributed by atoms with Gasteiger partial charge in [0.05, 0.1) is 28.7 Å². The van der Waals surface area contributed by atoms with Crippen LogP contribution in [0.3, 0.4) is 0 Å². The van der Waals surface area contributed by atoms with E-state index in [1.54, 1.807) is 10.6 Å². The van der Waals surface area contributed by atoms with E-state index in [2.05, 4.69) is 4.98 Å². The first-order chi connectivity index (χ1) is 9.01. The second-order valence-corrected chi connectivity index (χ2v) is 5.10. The number of ether oxygens (including phenoxy) is 1. The lowest BCUT2D eigenvalue weighted by molar-refractivity contribution is 0.0697. The molecule has 0 saturated carbocycles. The fourth-order valence-electron chi connectivity index (χ4n) is 2.61. The molecule has 0 radical (unpaired) electrons. The molecule has 2 heterocycles. The molecule has 1 aromatic carbocycles. The van der Waals surface area contributed by atoms with Crippen LogP contribution in [0.5, 0.6) is 0 Å². The first-order valence-corrected chi connectivity index (χ1v) is 6.08. The number of carbonyl (C=O) groups is 1. The third kappa shape index (κ3) is 1.76. The van der Waals surface area contributed by atoms with Crippen molar-refractivity contribution in [1.29, 1.82) is 0 Å². The van der Waals surface area contributed by atoms with Crippen molar-refractivity contribution in [3.8, 4) is 0 Å². The largest absolute Gasteiger partial charge is 0.478 e. The number of nitrogens with zero attached hydrogens (tertiary/aromatic N) is 1. The van der Waals surface area contributed by atoms with Gasteiger partial charge in [0, 0.05) is 6.61 Å². The first kappa shape index (κ1) is 12.0. The molecule has 1 aromatic heterocycles. The number of carboxylic acid groups (broad SMARTS) is 1. The number of rotatable bonds is 2. The molecule has 6 heteroatoms. The van der Waals surface area contributed by atoms with E-state index in [0.717, 1.165) is 6.42 Å². The van der Waals surface area contributed by atoms with Crippen LogP contribution in [0.4, 0.5) is 0 Å².